The molecule has 3 atom stereocenters. The van der Waals surface area contributed by atoms with Crippen LogP contribution in [0.1, 0.15) is 13.8 Å². The van der Waals surface area contributed by atoms with Crippen LogP contribution in [0.2, 0.25) is 0 Å². The third-order valence-corrected chi connectivity index (χ3v) is 2.16. The fraction of sp³-hybridized carbons (Fsp3) is 0.875. The molecule has 0 radical (unpaired) electrons. The topological polar surface area (TPSA) is 55.8 Å². The van der Waals surface area contributed by atoms with Crippen LogP contribution in [0.15, 0.2) is 0 Å². The van der Waals surface area contributed by atoms with Crippen LogP contribution < -0.4 is 0 Å². The Bertz CT molecular complexity index is 178. The Morgan fingerprint density at radius 1 is 1.58 bits per heavy atom. The van der Waals surface area contributed by atoms with E-state index in [-0.39, 0.29) is 0 Å². The van der Waals surface area contributed by atoms with Gasteiger partial charge in [0.05, 0.1) is 5.60 Å². The Morgan fingerprint density at radius 3 is 2.42 bits per heavy atom. The second kappa shape index (κ2) is 3.12. The number of carbonyl (C=O) groups is 1. The van der Waals surface area contributed by atoms with Crippen molar-refractivity contribution in [1.82, 2.24) is 0 Å². The quantitative estimate of drug-likeness (QED) is 0.586. The van der Waals surface area contributed by atoms with Crippen molar-refractivity contribution in [3.63, 3.8) is 0 Å². The van der Waals surface area contributed by atoms with Gasteiger partial charge in [0.25, 0.3) is 0 Å². The molecule has 1 aliphatic heterocycles. The standard InChI is InChI=1S/C8H14O4/c1-8(2)7(11-3)6(10)5(4-9)12-8/h4-7,10H,1-3H3. The lowest BCUT2D eigenvalue weighted by molar-refractivity contribution is -0.124. The lowest BCUT2D eigenvalue weighted by Gasteiger charge is -2.24. The Labute approximate surface area is 71.5 Å². The number of aldehydes is 1. The molecule has 0 saturated carbocycles. The van der Waals surface area contributed by atoms with Crippen molar-refractivity contribution in [3.8, 4) is 0 Å². The normalized spacial score (nSPS) is 39.8. The summed E-state index contributed by atoms with van der Waals surface area (Å²) in [6, 6.07) is 0. The van der Waals surface area contributed by atoms with Crippen molar-refractivity contribution >= 4 is 6.29 Å². The molecule has 0 aromatic heterocycles. The molecule has 12 heavy (non-hydrogen) atoms. The summed E-state index contributed by atoms with van der Waals surface area (Å²) in [6.45, 7) is 3.57. The molecule has 0 amide bonds. The van der Waals surface area contributed by atoms with E-state index in [1.54, 1.807) is 13.8 Å². The number of ether oxygens (including phenoxy) is 2. The number of methoxy groups -OCH3 is 1. The summed E-state index contributed by atoms with van der Waals surface area (Å²) in [7, 11) is 1.49. The summed E-state index contributed by atoms with van der Waals surface area (Å²) in [5.74, 6) is 0. The summed E-state index contributed by atoms with van der Waals surface area (Å²) in [6.07, 6.45) is -1.45. The van der Waals surface area contributed by atoms with Crippen LogP contribution in [-0.2, 0) is 14.3 Å². The minimum absolute atomic E-state index is 0.437. The predicted octanol–water partition coefficient (Wildman–Crippen LogP) is -0.261. The van der Waals surface area contributed by atoms with Crippen LogP contribution >= 0.6 is 0 Å². The van der Waals surface area contributed by atoms with Crippen molar-refractivity contribution in [2.45, 2.75) is 37.8 Å². The maximum absolute atomic E-state index is 10.4. The highest BCUT2D eigenvalue weighted by Crippen LogP contribution is 2.31. The van der Waals surface area contributed by atoms with Gasteiger partial charge < -0.3 is 19.4 Å². The molecule has 0 spiro atoms. The Kier molecular flexibility index (Phi) is 2.51. The summed E-state index contributed by atoms with van der Waals surface area (Å²) in [5, 5.41) is 9.50. The van der Waals surface area contributed by atoms with Gasteiger partial charge >= 0.3 is 0 Å². The molecule has 1 rings (SSSR count). The lowest BCUT2D eigenvalue weighted by atomic mass is 9.99. The Hall–Kier alpha value is -0.450. The van der Waals surface area contributed by atoms with Gasteiger partial charge in [-0.25, -0.2) is 0 Å². The SMILES string of the molecule is COC1C(O)C(C=O)OC1(C)C. The largest absolute Gasteiger partial charge is 0.387 e. The van der Waals surface area contributed by atoms with E-state index in [4.69, 9.17) is 9.47 Å². The minimum Gasteiger partial charge on any atom is -0.387 e. The summed E-state index contributed by atoms with van der Waals surface area (Å²) in [5.41, 5.74) is -0.597. The van der Waals surface area contributed by atoms with Crippen molar-refractivity contribution < 1.29 is 19.4 Å². The first-order valence-electron chi connectivity index (χ1n) is 3.87. The summed E-state index contributed by atoms with van der Waals surface area (Å²) >= 11 is 0. The smallest absolute Gasteiger partial charge is 0.151 e. The molecule has 0 bridgehead atoms. The van der Waals surface area contributed by atoms with Crippen LogP contribution in [-0.4, -0.2) is 42.4 Å². The molecule has 1 aliphatic rings. The van der Waals surface area contributed by atoms with Crippen molar-refractivity contribution in [3.05, 3.63) is 0 Å². The average Bonchev–Trinajstić information content (AvgIpc) is 2.21. The van der Waals surface area contributed by atoms with E-state index in [9.17, 15) is 9.90 Å². The lowest BCUT2D eigenvalue weighted by Crippen LogP contribution is -2.39. The van der Waals surface area contributed by atoms with Gasteiger partial charge in [0, 0.05) is 7.11 Å². The van der Waals surface area contributed by atoms with Crippen LogP contribution in [0.3, 0.4) is 0 Å². The Morgan fingerprint density at radius 2 is 2.17 bits per heavy atom. The van der Waals surface area contributed by atoms with Gasteiger partial charge in [-0.3, -0.25) is 0 Å². The highest BCUT2D eigenvalue weighted by atomic mass is 16.6. The molecule has 1 N–H and O–H groups in total. The number of hydrogen-bond donors (Lipinski definition) is 1. The van der Waals surface area contributed by atoms with E-state index in [0.717, 1.165) is 0 Å². The maximum Gasteiger partial charge on any atom is 0.151 e. The van der Waals surface area contributed by atoms with Crippen LogP contribution in [0.4, 0.5) is 0 Å². The summed E-state index contributed by atoms with van der Waals surface area (Å²) < 4.78 is 10.3. The molecule has 0 aromatic rings. The van der Waals surface area contributed by atoms with E-state index >= 15 is 0 Å². The molecule has 0 aliphatic carbocycles. The first-order valence-corrected chi connectivity index (χ1v) is 3.87. The van der Waals surface area contributed by atoms with E-state index in [0.29, 0.717) is 6.29 Å². The zero-order valence-electron chi connectivity index (χ0n) is 7.48. The van der Waals surface area contributed by atoms with Crippen LogP contribution in [0, 0.1) is 0 Å². The molecule has 4 heteroatoms. The fourth-order valence-electron chi connectivity index (χ4n) is 1.60. The zero-order chi connectivity index (χ0) is 9.35. The van der Waals surface area contributed by atoms with Gasteiger partial charge in [0.2, 0.25) is 0 Å². The molecule has 1 fully saturated rings. The van der Waals surface area contributed by atoms with Crippen molar-refractivity contribution in [2.75, 3.05) is 7.11 Å². The van der Waals surface area contributed by atoms with Crippen LogP contribution in [0.5, 0.6) is 0 Å². The highest BCUT2D eigenvalue weighted by Gasteiger charge is 2.49. The third-order valence-electron chi connectivity index (χ3n) is 2.16. The van der Waals surface area contributed by atoms with E-state index in [1.165, 1.54) is 7.11 Å². The number of aliphatic hydroxyl groups is 1. The maximum atomic E-state index is 10.4. The van der Waals surface area contributed by atoms with E-state index < -0.39 is 23.9 Å². The molecule has 70 valence electrons. The van der Waals surface area contributed by atoms with Gasteiger partial charge in [-0.1, -0.05) is 0 Å². The van der Waals surface area contributed by atoms with Crippen LogP contribution in [0.25, 0.3) is 0 Å². The van der Waals surface area contributed by atoms with Gasteiger partial charge in [-0.05, 0) is 13.8 Å². The van der Waals surface area contributed by atoms with Gasteiger partial charge in [-0.2, -0.15) is 0 Å². The molecular weight excluding hydrogens is 160 g/mol. The van der Waals surface area contributed by atoms with Gasteiger partial charge in [0.1, 0.15) is 18.3 Å². The highest BCUT2D eigenvalue weighted by molar-refractivity contribution is 5.58. The van der Waals surface area contributed by atoms with Gasteiger partial charge in [-0.15, -0.1) is 0 Å². The number of hydrogen-bond acceptors (Lipinski definition) is 4. The number of rotatable bonds is 2. The third kappa shape index (κ3) is 1.37. The van der Waals surface area contributed by atoms with Crippen molar-refractivity contribution in [1.29, 1.82) is 0 Å². The molecule has 3 unspecified atom stereocenters. The van der Waals surface area contributed by atoms with Crippen molar-refractivity contribution in [2.24, 2.45) is 0 Å². The number of aliphatic hydroxyl groups excluding tert-OH is 1. The molecule has 4 nitrogen and oxygen atoms in total. The molecule has 1 heterocycles. The van der Waals surface area contributed by atoms with E-state index in [1.807, 2.05) is 0 Å². The summed E-state index contributed by atoms with van der Waals surface area (Å²) in [4.78, 5) is 10.4. The monoisotopic (exact) mass is 174 g/mol. The number of carbonyl (C=O) groups excluding carboxylic acids is 1. The predicted molar refractivity (Wildman–Crippen MR) is 41.8 cm³/mol. The van der Waals surface area contributed by atoms with Gasteiger partial charge in [0.15, 0.2) is 6.29 Å². The molecule has 1 saturated heterocycles. The van der Waals surface area contributed by atoms with E-state index in [2.05, 4.69) is 0 Å². The fourth-order valence-corrected chi connectivity index (χ4v) is 1.60. The average molecular weight is 174 g/mol. The zero-order valence-corrected chi connectivity index (χ0v) is 7.48. The molecule has 0 aromatic carbocycles. The second-order valence-corrected chi connectivity index (χ2v) is 3.47. The second-order valence-electron chi connectivity index (χ2n) is 3.47. The Balaban J connectivity index is 2.79. The minimum atomic E-state index is -0.859. The molecular formula is C8H14O4. The first-order chi connectivity index (χ1) is 5.53. The first kappa shape index (κ1) is 9.64.